The Hall–Kier alpha value is -2.95. The van der Waals surface area contributed by atoms with Crippen molar-refractivity contribution in [2.45, 2.75) is 43.8 Å². The molecule has 1 aromatic heterocycles. The summed E-state index contributed by atoms with van der Waals surface area (Å²) in [4.78, 5) is 39.3. The lowest BCUT2D eigenvalue weighted by Crippen LogP contribution is -2.55. The molecule has 10 heteroatoms. The molecule has 10 nitrogen and oxygen atoms in total. The number of carboxylic acid groups (broad SMARTS) is 1. The predicted octanol–water partition coefficient (Wildman–Crippen LogP) is -0.787. The number of aromatic nitrogens is 1. The number of nitrogens with two attached hydrogens (primary N) is 2. The molecule has 1 heterocycles. The fourth-order valence-corrected chi connectivity index (χ4v) is 3.13. The first-order chi connectivity index (χ1) is 14.4. The van der Waals surface area contributed by atoms with Gasteiger partial charge in [-0.05, 0) is 43.9 Å². The summed E-state index contributed by atoms with van der Waals surface area (Å²) in [6.45, 7) is -0.332. The lowest BCUT2D eigenvalue weighted by atomic mass is 10.0. The minimum absolute atomic E-state index is 0.265. The highest BCUT2D eigenvalue weighted by atomic mass is 16.4. The van der Waals surface area contributed by atoms with Crippen LogP contribution in [0.15, 0.2) is 30.5 Å². The molecule has 2 rings (SSSR count). The second kappa shape index (κ2) is 11.3. The summed E-state index contributed by atoms with van der Waals surface area (Å²) in [6, 6.07) is 4.30. The molecule has 0 aliphatic carbocycles. The summed E-state index contributed by atoms with van der Waals surface area (Å²) in [7, 11) is 0. The van der Waals surface area contributed by atoms with E-state index in [4.69, 9.17) is 21.7 Å². The van der Waals surface area contributed by atoms with Crippen LogP contribution in [0, 0.1) is 0 Å². The van der Waals surface area contributed by atoms with Crippen LogP contribution >= 0.6 is 0 Å². The number of nitrogens with one attached hydrogen (secondary N) is 3. The maximum atomic E-state index is 12.6. The highest BCUT2D eigenvalue weighted by Gasteiger charge is 2.27. The van der Waals surface area contributed by atoms with E-state index >= 15 is 0 Å². The summed E-state index contributed by atoms with van der Waals surface area (Å²) in [6.07, 6.45) is 3.53. The molecule has 0 bridgehead atoms. The van der Waals surface area contributed by atoms with Crippen molar-refractivity contribution in [3.8, 4) is 0 Å². The quantitative estimate of drug-likeness (QED) is 0.220. The highest BCUT2D eigenvalue weighted by molar-refractivity contribution is 5.92. The van der Waals surface area contributed by atoms with Gasteiger partial charge in [0.1, 0.15) is 12.1 Å². The molecule has 9 N–H and O–H groups in total. The van der Waals surface area contributed by atoms with Gasteiger partial charge >= 0.3 is 5.97 Å². The van der Waals surface area contributed by atoms with Crippen LogP contribution in [0.5, 0.6) is 0 Å². The number of carbonyl (C=O) groups is 3. The van der Waals surface area contributed by atoms with Crippen molar-refractivity contribution in [2.75, 3.05) is 13.2 Å². The number of fused-ring (bicyclic) bond motifs is 1. The molecular weight excluding hydrogens is 390 g/mol. The topological polar surface area (TPSA) is 184 Å². The van der Waals surface area contributed by atoms with E-state index in [0.29, 0.717) is 19.4 Å². The van der Waals surface area contributed by atoms with Gasteiger partial charge in [0.05, 0.1) is 12.6 Å². The van der Waals surface area contributed by atoms with E-state index in [1.807, 2.05) is 24.3 Å². The normalized spacial score (nSPS) is 14.1. The van der Waals surface area contributed by atoms with Crippen LogP contribution in [-0.4, -0.2) is 64.3 Å². The van der Waals surface area contributed by atoms with E-state index in [9.17, 15) is 14.4 Å². The first kappa shape index (κ1) is 23.3. The monoisotopic (exact) mass is 419 g/mol. The smallest absolute Gasteiger partial charge is 0.328 e. The Morgan fingerprint density at radius 1 is 1.07 bits per heavy atom. The number of hydrogen-bond donors (Lipinski definition) is 7. The number of para-hydroxylation sites is 1. The van der Waals surface area contributed by atoms with Crippen LogP contribution < -0.4 is 22.1 Å². The molecule has 0 unspecified atom stereocenters. The maximum absolute atomic E-state index is 12.6. The molecule has 0 radical (unpaired) electrons. The molecule has 0 aliphatic rings. The second-order valence-corrected chi connectivity index (χ2v) is 7.10. The zero-order chi connectivity index (χ0) is 22.1. The fourth-order valence-electron chi connectivity index (χ4n) is 3.13. The van der Waals surface area contributed by atoms with Crippen LogP contribution in [0.2, 0.25) is 0 Å². The van der Waals surface area contributed by atoms with Crippen LogP contribution in [0.4, 0.5) is 0 Å². The molecule has 2 aromatic rings. The zero-order valence-electron chi connectivity index (χ0n) is 16.6. The standard InChI is InChI=1S/C20H29N5O5/c21-8-4-3-7-16(19(28)25-17(11-26)20(29)30)24-18(27)14(22)9-12-10-23-15-6-2-1-5-13(12)15/h1-2,5-6,10,14,16-17,23,26H,3-4,7-9,11,21-22H2,(H,24,27)(H,25,28)(H,29,30)/t14-,16-,17-/m0/s1. The van der Waals surface area contributed by atoms with E-state index in [0.717, 1.165) is 16.5 Å². The Morgan fingerprint density at radius 3 is 2.43 bits per heavy atom. The van der Waals surface area contributed by atoms with Gasteiger partial charge in [0.25, 0.3) is 0 Å². The van der Waals surface area contributed by atoms with E-state index in [-0.39, 0.29) is 12.8 Å². The highest BCUT2D eigenvalue weighted by Crippen LogP contribution is 2.18. The Labute approximate surface area is 174 Å². The van der Waals surface area contributed by atoms with Gasteiger partial charge in [0, 0.05) is 17.1 Å². The Morgan fingerprint density at radius 2 is 1.77 bits per heavy atom. The van der Waals surface area contributed by atoms with Crippen molar-refractivity contribution in [1.82, 2.24) is 15.6 Å². The molecule has 164 valence electrons. The summed E-state index contributed by atoms with van der Waals surface area (Å²) >= 11 is 0. The number of rotatable bonds is 12. The minimum atomic E-state index is -1.45. The second-order valence-electron chi connectivity index (χ2n) is 7.10. The molecule has 2 amide bonds. The van der Waals surface area contributed by atoms with Gasteiger partial charge < -0.3 is 37.3 Å². The number of hydrogen-bond acceptors (Lipinski definition) is 6. The van der Waals surface area contributed by atoms with Gasteiger partial charge in [-0.15, -0.1) is 0 Å². The molecule has 0 saturated carbocycles. The van der Waals surface area contributed by atoms with Crippen molar-refractivity contribution in [3.05, 3.63) is 36.0 Å². The third-order valence-corrected chi connectivity index (χ3v) is 4.83. The number of benzene rings is 1. The van der Waals surface area contributed by atoms with Gasteiger partial charge in [-0.3, -0.25) is 9.59 Å². The first-order valence-corrected chi connectivity index (χ1v) is 9.82. The Balaban J connectivity index is 2.04. The number of aliphatic carboxylic acids is 1. The molecular formula is C20H29N5O5. The lowest BCUT2D eigenvalue weighted by molar-refractivity contribution is -0.143. The van der Waals surface area contributed by atoms with Crippen LogP contribution in [-0.2, 0) is 20.8 Å². The molecule has 0 saturated heterocycles. The SMILES string of the molecule is NCCCC[C@H](NC(=O)[C@@H](N)Cc1c[nH]c2ccccc12)C(=O)N[C@@H](CO)C(=O)O. The van der Waals surface area contributed by atoms with Crippen molar-refractivity contribution >= 4 is 28.7 Å². The zero-order valence-corrected chi connectivity index (χ0v) is 16.6. The lowest BCUT2D eigenvalue weighted by Gasteiger charge is -2.22. The largest absolute Gasteiger partial charge is 0.480 e. The number of unbranched alkanes of at least 4 members (excludes halogenated alkanes) is 1. The number of H-pyrrole nitrogens is 1. The fraction of sp³-hybridized carbons (Fsp3) is 0.450. The van der Waals surface area contributed by atoms with Crippen molar-refractivity contribution in [1.29, 1.82) is 0 Å². The molecule has 1 aromatic carbocycles. The van der Waals surface area contributed by atoms with E-state index in [2.05, 4.69) is 15.6 Å². The van der Waals surface area contributed by atoms with Crippen LogP contribution in [0.1, 0.15) is 24.8 Å². The average molecular weight is 419 g/mol. The van der Waals surface area contributed by atoms with Crippen LogP contribution in [0.3, 0.4) is 0 Å². The molecule has 30 heavy (non-hydrogen) atoms. The van der Waals surface area contributed by atoms with Crippen molar-refractivity contribution in [2.24, 2.45) is 11.5 Å². The summed E-state index contributed by atoms with van der Waals surface area (Å²) < 4.78 is 0. The molecule has 0 spiro atoms. The first-order valence-electron chi connectivity index (χ1n) is 9.82. The van der Waals surface area contributed by atoms with Crippen molar-refractivity contribution < 1.29 is 24.6 Å². The number of aliphatic hydroxyl groups excluding tert-OH is 1. The van der Waals surface area contributed by atoms with Gasteiger partial charge in [-0.1, -0.05) is 18.2 Å². The number of aliphatic hydroxyl groups is 1. The average Bonchev–Trinajstić information content (AvgIpc) is 3.13. The van der Waals surface area contributed by atoms with Gasteiger partial charge in [-0.2, -0.15) is 0 Å². The third kappa shape index (κ3) is 6.28. The summed E-state index contributed by atoms with van der Waals surface area (Å²) in [5.41, 5.74) is 13.4. The maximum Gasteiger partial charge on any atom is 0.328 e. The summed E-state index contributed by atoms with van der Waals surface area (Å²) in [5, 5.41) is 23.9. The van der Waals surface area contributed by atoms with E-state index in [1.54, 1.807) is 6.20 Å². The Kier molecular flexibility index (Phi) is 8.78. The van der Waals surface area contributed by atoms with Gasteiger partial charge in [-0.25, -0.2) is 4.79 Å². The van der Waals surface area contributed by atoms with Gasteiger partial charge in [0.15, 0.2) is 0 Å². The van der Waals surface area contributed by atoms with Gasteiger partial charge in [0.2, 0.25) is 11.8 Å². The molecule has 3 atom stereocenters. The van der Waals surface area contributed by atoms with Crippen molar-refractivity contribution in [3.63, 3.8) is 0 Å². The Bertz CT molecular complexity index is 868. The van der Waals surface area contributed by atoms with Crippen LogP contribution in [0.25, 0.3) is 10.9 Å². The number of amides is 2. The van der Waals surface area contributed by atoms with E-state index < -0.39 is 42.5 Å². The summed E-state index contributed by atoms with van der Waals surface area (Å²) in [5.74, 6) is -2.58. The minimum Gasteiger partial charge on any atom is -0.480 e. The molecule has 0 aliphatic heterocycles. The third-order valence-electron chi connectivity index (χ3n) is 4.83. The van der Waals surface area contributed by atoms with E-state index in [1.165, 1.54) is 0 Å². The number of aromatic amines is 1. The number of carboxylic acids is 1. The number of carbonyl (C=O) groups excluding carboxylic acids is 2. The molecule has 0 fully saturated rings. The predicted molar refractivity (Wildman–Crippen MR) is 111 cm³/mol.